The van der Waals surface area contributed by atoms with Gasteiger partial charge in [-0.15, -0.1) is 0 Å². The van der Waals surface area contributed by atoms with Crippen LogP contribution in [0.4, 0.5) is 5.69 Å². The predicted octanol–water partition coefficient (Wildman–Crippen LogP) is 2.25. The molecule has 3 nitrogen and oxygen atoms in total. The van der Waals surface area contributed by atoms with Gasteiger partial charge in [0.1, 0.15) is 0 Å². The number of hydrogen-bond donors (Lipinski definition) is 0. The van der Waals surface area contributed by atoms with Crippen LogP contribution in [0.2, 0.25) is 0 Å². The number of para-hydroxylation sites is 1. The molecular weight excluding hydrogens is 166 g/mol. The van der Waals surface area contributed by atoms with Gasteiger partial charge in [0, 0.05) is 12.0 Å². The van der Waals surface area contributed by atoms with Crippen molar-refractivity contribution in [1.82, 2.24) is 0 Å². The summed E-state index contributed by atoms with van der Waals surface area (Å²) in [6, 6.07) is 6.74. The van der Waals surface area contributed by atoms with E-state index in [4.69, 9.17) is 0 Å². The number of isocyanates is 1. The molecule has 0 spiro atoms. The van der Waals surface area contributed by atoms with Crippen LogP contribution in [-0.2, 0) is 4.79 Å². The Bertz CT molecular complexity index is 365. The molecule has 0 aliphatic carbocycles. The van der Waals surface area contributed by atoms with Gasteiger partial charge in [-0.2, -0.15) is 4.99 Å². The summed E-state index contributed by atoms with van der Waals surface area (Å²) in [6.07, 6.45) is 1.83. The molecule has 0 aliphatic rings. The summed E-state index contributed by atoms with van der Waals surface area (Å²) in [5.41, 5.74) is 0.873. The van der Waals surface area contributed by atoms with E-state index in [9.17, 15) is 9.59 Å². The van der Waals surface area contributed by atoms with Gasteiger partial charge in [0.2, 0.25) is 6.08 Å². The molecule has 0 bridgehead atoms. The van der Waals surface area contributed by atoms with Gasteiger partial charge in [0.15, 0.2) is 5.78 Å². The van der Waals surface area contributed by atoms with Gasteiger partial charge in [-0.25, -0.2) is 4.79 Å². The third kappa shape index (κ3) is 2.10. The van der Waals surface area contributed by atoms with Gasteiger partial charge in [-0.05, 0) is 12.1 Å². The number of nitrogens with zero attached hydrogens (tertiary/aromatic N) is 1. The molecule has 0 atom stereocenters. The zero-order valence-electron chi connectivity index (χ0n) is 7.28. The van der Waals surface area contributed by atoms with Crippen molar-refractivity contribution < 1.29 is 9.59 Å². The van der Waals surface area contributed by atoms with Gasteiger partial charge in [0.25, 0.3) is 0 Å². The third-order valence-corrected chi connectivity index (χ3v) is 1.69. The first-order valence-corrected chi connectivity index (χ1v) is 3.99. The van der Waals surface area contributed by atoms with Crippen LogP contribution in [-0.4, -0.2) is 11.9 Å². The standard InChI is InChI=1S/C10H9NO2/c1-2-10(13)8-5-3-4-6-9(8)11-7-12/h3-6H,2H2,1H3. The maximum atomic E-state index is 11.3. The summed E-state index contributed by atoms with van der Waals surface area (Å²) in [5, 5.41) is 0. The lowest BCUT2D eigenvalue weighted by molar-refractivity contribution is 0.0989. The molecule has 0 saturated carbocycles. The molecule has 0 radical (unpaired) electrons. The van der Waals surface area contributed by atoms with Crippen LogP contribution in [0.25, 0.3) is 0 Å². The predicted molar refractivity (Wildman–Crippen MR) is 48.8 cm³/mol. The topological polar surface area (TPSA) is 46.5 Å². The van der Waals surface area contributed by atoms with E-state index in [-0.39, 0.29) is 5.78 Å². The van der Waals surface area contributed by atoms with Crippen LogP contribution < -0.4 is 0 Å². The van der Waals surface area contributed by atoms with Gasteiger partial charge in [-0.1, -0.05) is 19.1 Å². The molecule has 0 aromatic heterocycles. The maximum absolute atomic E-state index is 11.3. The number of rotatable bonds is 3. The van der Waals surface area contributed by atoms with E-state index in [1.807, 2.05) is 0 Å². The van der Waals surface area contributed by atoms with E-state index < -0.39 is 0 Å². The zero-order chi connectivity index (χ0) is 9.68. The normalized spacial score (nSPS) is 9.00. The number of carbonyl (C=O) groups excluding carboxylic acids is 2. The molecule has 0 heterocycles. The van der Waals surface area contributed by atoms with Crippen LogP contribution in [0.3, 0.4) is 0 Å². The summed E-state index contributed by atoms with van der Waals surface area (Å²) < 4.78 is 0. The molecule has 0 saturated heterocycles. The number of benzene rings is 1. The first kappa shape index (κ1) is 9.36. The summed E-state index contributed by atoms with van der Waals surface area (Å²) in [4.78, 5) is 24.8. The SMILES string of the molecule is CCC(=O)c1ccccc1N=C=O. The van der Waals surface area contributed by atoms with Crippen molar-refractivity contribution in [2.45, 2.75) is 13.3 Å². The van der Waals surface area contributed by atoms with E-state index in [0.717, 1.165) is 0 Å². The van der Waals surface area contributed by atoms with Crippen molar-refractivity contribution >= 4 is 17.6 Å². The molecule has 1 aromatic carbocycles. The lowest BCUT2D eigenvalue weighted by Crippen LogP contribution is -1.95. The molecule has 0 amide bonds. The summed E-state index contributed by atoms with van der Waals surface area (Å²) in [6.45, 7) is 1.77. The fraction of sp³-hybridized carbons (Fsp3) is 0.200. The fourth-order valence-corrected chi connectivity index (χ4v) is 1.05. The van der Waals surface area contributed by atoms with Crippen molar-refractivity contribution in [2.24, 2.45) is 4.99 Å². The Morgan fingerprint density at radius 3 is 2.77 bits per heavy atom. The quantitative estimate of drug-likeness (QED) is 0.402. The van der Waals surface area contributed by atoms with E-state index in [2.05, 4.69) is 4.99 Å². The minimum absolute atomic E-state index is 0.0189. The second-order valence-corrected chi connectivity index (χ2v) is 2.50. The maximum Gasteiger partial charge on any atom is 0.240 e. The summed E-state index contributed by atoms with van der Waals surface area (Å²) in [5.74, 6) is -0.0189. The van der Waals surface area contributed by atoms with Crippen LogP contribution in [0.15, 0.2) is 29.3 Å². The zero-order valence-corrected chi connectivity index (χ0v) is 7.28. The van der Waals surface area contributed by atoms with E-state index in [0.29, 0.717) is 17.7 Å². The highest BCUT2D eigenvalue weighted by Crippen LogP contribution is 2.19. The van der Waals surface area contributed by atoms with Gasteiger partial charge in [0.05, 0.1) is 5.69 Å². The summed E-state index contributed by atoms with van der Waals surface area (Å²) >= 11 is 0. The van der Waals surface area contributed by atoms with Crippen LogP contribution >= 0.6 is 0 Å². The second-order valence-electron chi connectivity index (χ2n) is 2.50. The van der Waals surface area contributed by atoms with Crippen molar-refractivity contribution in [3.63, 3.8) is 0 Å². The first-order valence-electron chi connectivity index (χ1n) is 3.99. The minimum atomic E-state index is -0.0189. The monoisotopic (exact) mass is 175 g/mol. The Balaban J connectivity index is 3.18. The Kier molecular flexibility index (Phi) is 3.12. The van der Waals surface area contributed by atoms with Crippen LogP contribution in [0.1, 0.15) is 23.7 Å². The molecule has 0 unspecified atom stereocenters. The Hall–Kier alpha value is -1.73. The highest BCUT2D eigenvalue weighted by atomic mass is 16.1. The van der Waals surface area contributed by atoms with Crippen molar-refractivity contribution in [1.29, 1.82) is 0 Å². The molecule has 0 N–H and O–H groups in total. The van der Waals surface area contributed by atoms with Crippen molar-refractivity contribution in [3.8, 4) is 0 Å². The van der Waals surface area contributed by atoms with Crippen LogP contribution in [0, 0.1) is 0 Å². The number of Topliss-reactive ketones (excluding diaryl/α,β-unsaturated/α-hetero) is 1. The van der Waals surface area contributed by atoms with Crippen molar-refractivity contribution in [2.75, 3.05) is 0 Å². The molecule has 1 rings (SSSR count). The molecule has 0 aliphatic heterocycles. The minimum Gasteiger partial charge on any atom is -0.294 e. The molecule has 3 heteroatoms. The average molecular weight is 175 g/mol. The number of ketones is 1. The Labute approximate surface area is 76.1 Å². The van der Waals surface area contributed by atoms with E-state index in [1.165, 1.54) is 6.08 Å². The van der Waals surface area contributed by atoms with Gasteiger partial charge in [-0.3, -0.25) is 4.79 Å². The summed E-state index contributed by atoms with van der Waals surface area (Å²) in [7, 11) is 0. The number of carbonyl (C=O) groups is 1. The fourth-order valence-electron chi connectivity index (χ4n) is 1.05. The lowest BCUT2D eigenvalue weighted by Gasteiger charge is -1.99. The first-order chi connectivity index (χ1) is 6.29. The smallest absolute Gasteiger partial charge is 0.240 e. The van der Waals surface area contributed by atoms with Crippen LogP contribution in [0.5, 0.6) is 0 Å². The molecule has 1 aromatic rings. The Morgan fingerprint density at radius 1 is 1.46 bits per heavy atom. The number of aliphatic imine (C=N–C) groups is 1. The molecular formula is C10H9NO2. The third-order valence-electron chi connectivity index (χ3n) is 1.69. The molecule has 0 fully saturated rings. The van der Waals surface area contributed by atoms with E-state index >= 15 is 0 Å². The lowest BCUT2D eigenvalue weighted by atomic mass is 10.1. The highest BCUT2D eigenvalue weighted by molar-refractivity contribution is 6.00. The van der Waals surface area contributed by atoms with Gasteiger partial charge >= 0.3 is 0 Å². The number of hydrogen-bond acceptors (Lipinski definition) is 3. The van der Waals surface area contributed by atoms with E-state index in [1.54, 1.807) is 31.2 Å². The van der Waals surface area contributed by atoms with Gasteiger partial charge < -0.3 is 0 Å². The molecule has 66 valence electrons. The van der Waals surface area contributed by atoms with Crippen molar-refractivity contribution in [3.05, 3.63) is 29.8 Å². The Morgan fingerprint density at radius 2 is 2.15 bits per heavy atom. The molecule has 13 heavy (non-hydrogen) atoms. The highest BCUT2D eigenvalue weighted by Gasteiger charge is 2.07. The second kappa shape index (κ2) is 4.33. The average Bonchev–Trinajstić information content (AvgIpc) is 2.18. The largest absolute Gasteiger partial charge is 0.294 e.